The molecular formula is C67H116O6. The molecule has 420 valence electrons. The molecule has 0 aromatic carbocycles. The van der Waals surface area contributed by atoms with Crippen molar-refractivity contribution >= 4 is 17.9 Å². The van der Waals surface area contributed by atoms with Crippen molar-refractivity contribution in [3.05, 3.63) is 85.1 Å². The van der Waals surface area contributed by atoms with Crippen molar-refractivity contribution in [2.24, 2.45) is 0 Å². The summed E-state index contributed by atoms with van der Waals surface area (Å²) in [7, 11) is 0. The second-order valence-corrected chi connectivity index (χ2v) is 20.6. The highest BCUT2D eigenvalue weighted by Gasteiger charge is 2.19. The molecule has 0 saturated heterocycles. The van der Waals surface area contributed by atoms with Crippen LogP contribution in [0.2, 0.25) is 0 Å². The SMILES string of the molecule is CC/C=C\C/C=C\C/C=C\C/C=C\CCCCCCCCCCCCC(=O)OCC(COC(=O)CCCCCCCCCCCCCCCCC)OC(=O)CCCCCCCCC/C=C\C/C=C\C/C=C\CC. The van der Waals surface area contributed by atoms with Crippen LogP contribution in [0.25, 0.3) is 0 Å². The van der Waals surface area contributed by atoms with Crippen LogP contribution in [0.1, 0.15) is 303 Å². The van der Waals surface area contributed by atoms with E-state index in [0.717, 1.165) is 109 Å². The first-order chi connectivity index (χ1) is 36.0. The van der Waals surface area contributed by atoms with Crippen molar-refractivity contribution in [1.82, 2.24) is 0 Å². The van der Waals surface area contributed by atoms with Gasteiger partial charge in [0.05, 0.1) is 0 Å². The first kappa shape index (κ1) is 69.6. The molecule has 0 fully saturated rings. The Bertz CT molecular complexity index is 1400. The van der Waals surface area contributed by atoms with Crippen molar-refractivity contribution in [3.63, 3.8) is 0 Å². The molecule has 0 amide bonds. The second kappa shape index (κ2) is 61.1. The minimum Gasteiger partial charge on any atom is -0.462 e. The largest absolute Gasteiger partial charge is 0.462 e. The topological polar surface area (TPSA) is 78.9 Å². The lowest BCUT2D eigenvalue weighted by molar-refractivity contribution is -0.167. The molecule has 73 heavy (non-hydrogen) atoms. The van der Waals surface area contributed by atoms with Gasteiger partial charge in [-0.05, 0) is 89.9 Å². The summed E-state index contributed by atoms with van der Waals surface area (Å²) in [6.07, 6.45) is 80.1. The first-order valence-electron chi connectivity index (χ1n) is 31.1. The molecule has 0 rings (SSSR count). The molecule has 0 aliphatic heterocycles. The fourth-order valence-corrected chi connectivity index (χ4v) is 8.80. The van der Waals surface area contributed by atoms with E-state index in [2.05, 4.69) is 106 Å². The van der Waals surface area contributed by atoms with E-state index < -0.39 is 6.10 Å². The zero-order chi connectivity index (χ0) is 52.9. The standard InChI is InChI=1S/C67H116O6/c1-4-7-10-13-16-19-22-25-28-30-31-32-33-34-35-37-39-42-45-48-51-54-57-60-66(69)72-63-64(62-71-65(68)59-56-53-50-47-44-41-38-27-24-21-18-15-12-9-6-3)73-67(70)61-58-55-52-49-46-43-40-36-29-26-23-20-17-14-11-8-5-2/h7-8,10-11,16-17,19-20,25-26,28-29,31-32,64H,4-6,9,12-15,18,21-24,27,30,33-63H2,1-3H3/b10-7-,11-8-,19-16-,20-17-,28-25-,29-26-,32-31-. The summed E-state index contributed by atoms with van der Waals surface area (Å²) in [4.78, 5) is 38.3. The van der Waals surface area contributed by atoms with Gasteiger partial charge in [-0.15, -0.1) is 0 Å². The predicted octanol–water partition coefficient (Wildman–Crippen LogP) is 21.1. The molecule has 1 atom stereocenters. The Balaban J connectivity index is 4.35. The van der Waals surface area contributed by atoms with Crippen molar-refractivity contribution < 1.29 is 28.6 Å². The Morgan fingerprint density at radius 3 is 0.836 bits per heavy atom. The maximum Gasteiger partial charge on any atom is 0.306 e. The molecule has 0 aromatic heterocycles. The minimum absolute atomic E-state index is 0.0790. The Morgan fingerprint density at radius 1 is 0.288 bits per heavy atom. The lowest BCUT2D eigenvalue weighted by Crippen LogP contribution is -2.30. The molecule has 0 radical (unpaired) electrons. The number of ether oxygens (including phenoxy) is 3. The van der Waals surface area contributed by atoms with Crippen LogP contribution in [0.5, 0.6) is 0 Å². The highest BCUT2D eigenvalue weighted by atomic mass is 16.6. The van der Waals surface area contributed by atoms with E-state index in [-0.39, 0.29) is 31.1 Å². The number of carbonyl (C=O) groups excluding carboxylic acids is 3. The molecule has 0 heterocycles. The van der Waals surface area contributed by atoms with Crippen LogP contribution in [0, 0.1) is 0 Å². The number of hydrogen-bond acceptors (Lipinski definition) is 6. The predicted molar refractivity (Wildman–Crippen MR) is 316 cm³/mol. The van der Waals surface area contributed by atoms with Gasteiger partial charge in [-0.3, -0.25) is 14.4 Å². The summed E-state index contributed by atoms with van der Waals surface area (Å²) in [5.41, 5.74) is 0. The molecule has 0 spiro atoms. The van der Waals surface area contributed by atoms with Crippen LogP contribution in [-0.2, 0) is 28.6 Å². The van der Waals surface area contributed by atoms with Gasteiger partial charge >= 0.3 is 17.9 Å². The lowest BCUT2D eigenvalue weighted by Gasteiger charge is -2.18. The van der Waals surface area contributed by atoms with Gasteiger partial charge in [-0.25, -0.2) is 0 Å². The number of unbranched alkanes of at least 4 members (excludes halogenated alkanes) is 31. The van der Waals surface area contributed by atoms with E-state index in [1.165, 1.54) is 154 Å². The molecule has 0 bridgehead atoms. The number of rotatable bonds is 56. The van der Waals surface area contributed by atoms with Crippen molar-refractivity contribution in [1.29, 1.82) is 0 Å². The van der Waals surface area contributed by atoms with Crippen LogP contribution < -0.4 is 0 Å². The van der Waals surface area contributed by atoms with Crippen LogP contribution in [0.15, 0.2) is 85.1 Å². The molecule has 0 N–H and O–H groups in total. The van der Waals surface area contributed by atoms with Gasteiger partial charge < -0.3 is 14.2 Å². The molecular weight excluding hydrogens is 901 g/mol. The zero-order valence-electron chi connectivity index (χ0n) is 48.1. The van der Waals surface area contributed by atoms with Gasteiger partial charge in [-0.2, -0.15) is 0 Å². The van der Waals surface area contributed by atoms with Crippen molar-refractivity contribution in [3.8, 4) is 0 Å². The monoisotopic (exact) mass is 1020 g/mol. The third-order valence-electron chi connectivity index (χ3n) is 13.4. The lowest BCUT2D eigenvalue weighted by atomic mass is 10.0. The Kier molecular flexibility index (Phi) is 58.3. The number of allylic oxidation sites excluding steroid dienone is 14. The third-order valence-corrected chi connectivity index (χ3v) is 13.4. The van der Waals surface area contributed by atoms with E-state index in [0.29, 0.717) is 19.3 Å². The number of carbonyl (C=O) groups is 3. The minimum atomic E-state index is -0.783. The van der Waals surface area contributed by atoms with E-state index in [1.807, 2.05) is 0 Å². The highest BCUT2D eigenvalue weighted by molar-refractivity contribution is 5.71. The third kappa shape index (κ3) is 59.3. The quantitative estimate of drug-likeness (QED) is 0.0261. The summed E-state index contributed by atoms with van der Waals surface area (Å²) in [5, 5.41) is 0. The smallest absolute Gasteiger partial charge is 0.306 e. The van der Waals surface area contributed by atoms with E-state index in [9.17, 15) is 14.4 Å². The summed E-state index contributed by atoms with van der Waals surface area (Å²) in [6, 6.07) is 0. The summed E-state index contributed by atoms with van der Waals surface area (Å²) in [5.74, 6) is -0.881. The molecule has 0 aliphatic rings. The highest BCUT2D eigenvalue weighted by Crippen LogP contribution is 2.16. The van der Waals surface area contributed by atoms with E-state index in [4.69, 9.17) is 14.2 Å². The Hall–Kier alpha value is -3.41. The van der Waals surface area contributed by atoms with Gasteiger partial charge in [0.25, 0.3) is 0 Å². The maximum atomic E-state index is 12.9. The van der Waals surface area contributed by atoms with Crippen molar-refractivity contribution in [2.45, 2.75) is 309 Å². The van der Waals surface area contributed by atoms with Gasteiger partial charge in [-0.1, -0.05) is 279 Å². The number of hydrogen-bond donors (Lipinski definition) is 0. The molecule has 0 aliphatic carbocycles. The van der Waals surface area contributed by atoms with Gasteiger partial charge in [0.1, 0.15) is 13.2 Å². The fourth-order valence-electron chi connectivity index (χ4n) is 8.80. The van der Waals surface area contributed by atoms with Crippen LogP contribution in [0.3, 0.4) is 0 Å². The molecule has 0 aromatic rings. The average Bonchev–Trinajstić information content (AvgIpc) is 3.39. The van der Waals surface area contributed by atoms with Crippen LogP contribution in [-0.4, -0.2) is 37.2 Å². The van der Waals surface area contributed by atoms with E-state index >= 15 is 0 Å². The first-order valence-corrected chi connectivity index (χ1v) is 31.1. The molecule has 6 heteroatoms. The summed E-state index contributed by atoms with van der Waals surface area (Å²) >= 11 is 0. The Labute approximate surface area is 452 Å². The van der Waals surface area contributed by atoms with Crippen molar-refractivity contribution in [2.75, 3.05) is 13.2 Å². The normalized spacial score (nSPS) is 12.6. The van der Waals surface area contributed by atoms with Crippen LogP contribution in [0.4, 0.5) is 0 Å². The zero-order valence-corrected chi connectivity index (χ0v) is 48.1. The van der Waals surface area contributed by atoms with Gasteiger partial charge in [0, 0.05) is 19.3 Å². The van der Waals surface area contributed by atoms with E-state index in [1.54, 1.807) is 0 Å². The molecule has 6 nitrogen and oxygen atoms in total. The summed E-state index contributed by atoms with van der Waals surface area (Å²) < 4.78 is 16.9. The average molecular weight is 1020 g/mol. The fraction of sp³-hybridized carbons (Fsp3) is 0.746. The summed E-state index contributed by atoms with van der Waals surface area (Å²) in [6.45, 7) is 6.44. The van der Waals surface area contributed by atoms with Crippen LogP contribution >= 0.6 is 0 Å². The number of esters is 3. The second-order valence-electron chi connectivity index (χ2n) is 20.6. The van der Waals surface area contributed by atoms with Gasteiger partial charge in [0.15, 0.2) is 6.10 Å². The maximum absolute atomic E-state index is 12.9. The van der Waals surface area contributed by atoms with Gasteiger partial charge in [0.2, 0.25) is 0 Å². The Morgan fingerprint density at radius 2 is 0.534 bits per heavy atom. The molecule has 1 unspecified atom stereocenters. The molecule has 0 saturated carbocycles.